The Morgan fingerprint density at radius 1 is 1.11 bits per heavy atom. The van der Waals surface area contributed by atoms with Gasteiger partial charge < -0.3 is 20.3 Å². The van der Waals surface area contributed by atoms with Crippen molar-refractivity contribution in [3.8, 4) is 0 Å². The Kier molecular flexibility index (Phi) is 10.3. The molecular formula is C33H44N6O6. The van der Waals surface area contributed by atoms with E-state index in [1.54, 1.807) is 54.8 Å². The smallest absolute Gasteiger partial charge is 0.325 e. The van der Waals surface area contributed by atoms with Crippen LogP contribution in [0.15, 0.2) is 36.4 Å². The molecule has 0 aliphatic carbocycles. The molecule has 4 rings (SSSR count). The second-order valence-corrected chi connectivity index (χ2v) is 12.9. The van der Waals surface area contributed by atoms with Gasteiger partial charge in [-0.2, -0.15) is 0 Å². The number of aromatic nitrogens is 1. The average Bonchev–Trinajstić information content (AvgIpc) is 3.00. The molecule has 2 aliphatic heterocycles. The average molecular weight is 621 g/mol. The lowest BCUT2D eigenvalue weighted by molar-refractivity contribution is -0.157. The molecule has 45 heavy (non-hydrogen) atoms. The fourth-order valence-electron chi connectivity index (χ4n) is 5.16. The van der Waals surface area contributed by atoms with Crippen molar-refractivity contribution in [3.63, 3.8) is 0 Å². The van der Waals surface area contributed by atoms with Crippen molar-refractivity contribution in [2.45, 2.75) is 78.1 Å². The molecule has 3 N–H and O–H groups in total. The van der Waals surface area contributed by atoms with Gasteiger partial charge in [0, 0.05) is 26.0 Å². The summed E-state index contributed by atoms with van der Waals surface area (Å²) < 4.78 is 5.78. The number of nitrogens with one attached hydrogen (secondary N) is 3. The lowest BCUT2D eigenvalue weighted by atomic mass is 9.89. The predicted molar refractivity (Wildman–Crippen MR) is 169 cm³/mol. The van der Waals surface area contributed by atoms with Crippen LogP contribution in [-0.4, -0.2) is 83.3 Å². The van der Waals surface area contributed by atoms with Crippen LogP contribution < -0.4 is 16.1 Å². The molecule has 1 aromatic carbocycles. The minimum absolute atomic E-state index is 0.264. The van der Waals surface area contributed by atoms with E-state index in [0.717, 1.165) is 10.9 Å². The Hall–Kier alpha value is -4.32. The van der Waals surface area contributed by atoms with E-state index >= 15 is 0 Å². The van der Waals surface area contributed by atoms with Gasteiger partial charge in [-0.1, -0.05) is 44.2 Å². The zero-order valence-corrected chi connectivity index (χ0v) is 27.0. The maximum absolute atomic E-state index is 13.8. The van der Waals surface area contributed by atoms with Gasteiger partial charge in [-0.15, -0.1) is 0 Å². The summed E-state index contributed by atoms with van der Waals surface area (Å²) >= 11 is 0. The molecule has 242 valence electrons. The van der Waals surface area contributed by atoms with E-state index in [4.69, 9.17) is 9.72 Å². The highest BCUT2D eigenvalue weighted by Gasteiger charge is 2.37. The van der Waals surface area contributed by atoms with Crippen molar-refractivity contribution < 1.29 is 28.7 Å². The molecule has 3 heterocycles. The minimum atomic E-state index is -1.24. The number of nitrogens with zero attached hydrogens (tertiary/aromatic N) is 3. The third-order valence-corrected chi connectivity index (χ3v) is 8.19. The zero-order chi connectivity index (χ0) is 33.1. The van der Waals surface area contributed by atoms with Gasteiger partial charge in [0.15, 0.2) is 0 Å². The van der Waals surface area contributed by atoms with Crippen molar-refractivity contribution in [1.82, 2.24) is 31.0 Å². The van der Waals surface area contributed by atoms with E-state index < -0.39 is 47.4 Å². The number of pyridine rings is 1. The lowest BCUT2D eigenvalue weighted by Crippen LogP contribution is -2.62. The number of fused-ring (bicyclic) bond motifs is 4. The van der Waals surface area contributed by atoms with Crippen molar-refractivity contribution in [1.29, 1.82) is 0 Å². The summed E-state index contributed by atoms with van der Waals surface area (Å²) in [5, 5.41) is 7.74. The molecule has 1 unspecified atom stereocenters. The third kappa shape index (κ3) is 8.05. The largest absolute Gasteiger partial charge is 0.455 e. The Bertz CT molecular complexity index is 1500. The van der Waals surface area contributed by atoms with Gasteiger partial charge in [-0.3, -0.25) is 29.0 Å². The molecule has 12 heteroatoms. The molecular weight excluding hydrogens is 576 g/mol. The van der Waals surface area contributed by atoms with Crippen LogP contribution in [0.2, 0.25) is 0 Å². The summed E-state index contributed by atoms with van der Waals surface area (Å²) in [6, 6.07) is 6.43. The van der Waals surface area contributed by atoms with Gasteiger partial charge in [0.05, 0.1) is 23.0 Å². The second kappa shape index (κ2) is 13.8. The van der Waals surface area contributed by atoms with Gasteiger partial charge >= 0.3 is 5.97 Å². The SMILES string of the molecule is CC(C)[C@@H]1NC(=O)C(C)(C)/C=C/c2ccc3ccc(nc3c2)[C@@H](C)OC(=O)[C@@H]2CCCN(N2)C(=O)C(CC(=O)N(C)C)NC1=O. The summed E-state index contributed by atoms with van der Waals surface area (Å²) in [6.07, 6.45) is 3.55. The molecule has 0 saturated carbocycles. The van der Waals surface area contributed by atoms with E-state index in [9.17, 15) is 24.0 Å². The van der Waals surface area contributed by atoms with Crippen LogP contribution in [0.1, 0.15) is 71.2 Å². The summed E-state index contributed by atoms with van der Waals surface area (Å²) in [5.41, 5.74) is 4.04. The highest BCUT2D eigenvalue weighted by atomic mass is 16.5. The predicted octanol–water partition coefficient (Wildman–Crippen LogP) is 2.49. The summed E-state index contributed by atoms with van der Waals surface area (Å²) in [5.74, 6) is -2.78. The van der Waals surface area contributed by atoms with E-state index in [1.165, 1.54) is 9.91 Å². The van der Waals surface area contributed by atoms with Gasteiger partial charge in [-0.05, 0) is 57.2 Å². The quantitative estimate of drug-likeness (QED) is 0.443. The number of amides is 4. The number of carbonyl (C=O) groups is 5. The molecule has 2 aliphatic rings. The summed E-state index contributed by atoms with van der Waals surface area (Å²) in [7, 11) is 3.12. The van der Waals surface area contributed by atoms with E-state index in [-0.39, 0.29) is 30.7 Å². The number of cyclic esters (lactones) is 1. The lowest BCUT2D eigenvalue weighted by Gasteiger charge is -2.36. The van der Waals surface area contributed by atoms with Gasteiger partial charge in [0.2, 0.25) is 17.7 Å². The van der Waals surface area contributed by atoms with Gasteiger partial charge in [0.1, 0.15) is 24.2 Å². The van der Waals surface area contributed by atoms with Crippen LogP contribution >= 0.6 is 0 Å². The van der Waals surface area contributed by atoms with Crippen LogP contribution in [0.5, 0.6) is 0 Å². The zero-order valence-electron chi connectivity index (χ0n) is 27.0. The minimum Gasteiger partial charge on any atom is -0.455 e. The van der Waals surface area contributed by atoms with Crippen LogP contribution in [-0.2, 0) is 28.7 Å². The number of carbonyl (C=O) groups excluding carboxylic acids is 5. The summed E-state index contributed by atoms with van der Waals surface area (Å²) in [6.45, 7) is 9.07. The third-order valence-electron chi connectivity index (χ3n) is 8.19. The Balaban J connectivity index is 1.74. The first kappa shape index (κ1) is 33.6. The molecule has 0 spiro atoms. The standard InChI is InChI=1S/C33H44N6O6/c1-19(2)28-29(41)35-26(18-27(40)38(6)7)30(42)39-16-8-9-24(37-39)31(43)45-20(3)23-13-12-22-11-10-21(17-25(22)34-23)14-15-33(4,5)32(44)36-28/h10-15,17,19-20,24,26,28,37H,8-9,16,18H2,1-7H3,(H,35,41)(H,36,44)/b15-14+/t20-,24+,26?,28+/m1/s1. The van der Waals surface area contributed by atoms with Crippen LogP contribution in [0.3, 0.4) is 0 Å². The molecule has 1 saturated heterocycles. The molecule has 0 radical (unpaired) electrons. The second-order valence-electron chi connectivity index (χ2n) is 12.9. The highest BCUT2D eigenvalue weighted by Crippen LogP contribution is 2.25. The molecule has 1 aromatic heterocycles. The maximum atomic E-state index is 13.8. The number of hydrogen-bond donors (Lipinski definition) is 3. The van der Waals surface area contributed by atoms with Crippen molar-refractivity contribution >= 4 is 46.6 Å². The Morgan fingerprint density at radius 3 is 2.51 bits per heavy atom. The number of ether oxygens (including phenoxy) is 1. The van der Waals surface area contributed by atoms with E-state index in [1.807, 2.05) is 36.4 Å². The highest BCUT2D eigenvalue weighted by molar-refractivity contribution is 5.96. The van der Waals surface area contributed by atoms with Crippen molar-refractivity contribution in [2.75, 3.05) is 20.6 Å². The fourth-order valence-corrected chi connectivity index (χ4v) is 5.16. The molecule has 2 aromatic rings. The molecule has 1 fully saturated rings. The van der Waals surface area contributed by atoms with Gasteiger partial charge in [0.25, 0.3) is 5.91 Å². The number of hydrazine groups is 1. The Labute approximate surface area is 263 Å². The topological polar surface area (TPSA) is 150 Å². The van der Waals surface area contributed by atoms with E-state index in [0.29, 0.717) is 24.1 Å². The van der Waals surface area contributed by atoms with Crippen LogP contribution in [0, 0.1) is 11.3 Å². The first-order valence-corrected chi connectivity index (χ1v) is 15.4. The number of esters is 1. The van der Waals surface area contributed by atoms with Gasteiger partial charge in [-0.25, -0.2) is 10.4 Å². The van der Waals surface area contributed by atoms with Crippen LogP contribution in [0.25, 0.3) is 17.0 Å². The first-order chi connectivity index (χ1) is 21.2. The monoisotopic (exact) mass is 620 g/mol. The maximum Gasteiger partial charge on any atom is 0.325 e. The van der Waals surface area contributed by atoms with E-state index in [2.05, 4.69) is 16.1 Å². The number of hydrogen-bond acceptors (Lipinski definition) is 8. The number of benzene rings is 1. The molecule has 5 bridgehead atoms. The fraction of sp³-hybridized carbons (Fsp3) is 0.515. The molecule has 12 nitrogen and oxygen atoms in total. The molecule has 4 atom stereocenters. The van der Waals surface area contributed by atoms with Crippen molar-refractivity contribution in [2.24, 2.45) is 11.3 Å². The Morgan fingerprint density at radius 2 is 1.82 bits per heavy atom. The first-order valence-electron chi connectivity index (χ1n) is 15.4. The molecule has 4 amide bonds. The normalized spacial score (nSPS) is 25.4. The van der Waals surface area contributed by atoms with Crippen molar-refractivity contribution in [3.05, 3.63) is 47.7 Å². The van der Waals surface area contributed by atoms with Crippen LogP contribution in [0.4, 0.5) is 0 Å². The number of rotatable bonds is 3. The summed E-state index contributed by atoms with van der Waals surface area (Å²) in [4.78, 5) is 73.0.